The number of carboxylic acid groups (broad SMARTS) is 1. The molecule has 3 rings (SSSR count). The standard InChI is InChI=1S/C21H18N2O2/c24-21(25)23-20(18-14-8-3-9-15-18)22-19(16-10-4-1-5-11-16)17-12-6-2-7-13-17/h1-15,20,23H,(H,24,25). The van der Waals surface area contributed by atoms with E-state index in [0.29, 0.717) is 0 Å². The first-order valence-electron chi connectivity index (χ1n) is 7.97. The summed E-state index contributed by atoms with van der Waals surface area (Å²) in [6.07, 6.45) is -1.80. The highest BCUT2D eigenvalue weighted by Gasteiger charge is 2.15. The molecule has 4 nitrogen and oxygen atoms in total. The molecule has 1 unspecified atom stereocenters. The summed E-state index contributed by atoms with van der Waals surface area (Å²) in [5.41, 5.74) is 3.39. The summed E-state index contributed by atoms with van der Waals surface area (Å²) in [5.74, 6) is 0. The summed E-state index contributed by atoms with van der Waals surface area (Å²) in [6, 6.07) is 28.9. The zero-order valence-electron chi connectivity index (χ0n) is 13.5. The van der Waals surface area contributed by atoms with Gasteiger partial charge in [0.05, 0.1) is 5.71 Å². The van der Waals surface area contributed by atoms with Crippen molar-refractivity contribution in [3.05, 3.63) is 108 Å². The molecule has 1 atom stereocenters. The van der Waals surface area contributed by atoms with Crippen molar-refractivity contribution in [2.24, 2.45) is 4.99 Å². The Hall–Kier alpha value is -3.40. The Kier molecular flexibility index (Phi) is 5.22. The van der Waals surface area contributed by atoms with Gasteiger partial charge in [0.15, 0.2) is 0 Å². The highest BCUT2D eigenvalue weighted by atomic mass is 16.4. The number of hydrogen-bond donors (Lipinski definition) is 2. The summed E-state index contributed by atoms with van der Waals surface area (Å²) in [6.45, 7) is 0. The molecule has 124 valence electrons. The zero-order valence-corrected chi connectivity index (χ0v) is 13.5. The number of benzene rings is 3. The molecule has 0 saturated heterocycles. The molecule has 0 saturated carbocycles. The molecule has 0 fully saturated rings. The third kappa shape index (κ3) is 4.32. The average Bonchev–Trinajstić information content (AvgIpc) is 2.67. The maximum Gasteiger partial charge on any atom is 0.406 e. The van der Waals surface area contributed by atoms with Gasteiger partial charge in [-0.25, -0.2) is 4.79 Å². The van der Waals surface area contributed by atoms with Gasteiger partial charge in [-0.05, 0) is 5.56 Å². The molecule has 3 aromatic carbocycles. The predicted octanol–water partition coefficient (Wildman–Crippen LogP) is 4.49. The molecule has 0 aliphatic rings. The van der Waals surface area contributed by atoms with Gasteiger partial charge >= 0.3 is 6.09 Å². The first-order chi connectivity index (χ1) is 12.2. The van der Waals surface area contributed by atoms with Crippen molar-refractivity contribution in [2.75, 3.05) is 0 Å². The molecule has 0 aliphatic carbocycles. The van der Waals surface area contributed by atoms with Crippen molar-refractivity contribution in [3.63, 3.8) is 0 Å². The van der Waals surface area contributed by atoms with E-state index in [4.69, 9.17) is 4.99 Å². The van der Waals surface area contributed by atoms with E-state index in [1.165, 1.54) is 0 Å². The van der Waals surface area contributed by atoms with Crippen molar-refractivity contribution in [1.29, 1.82) is 0 Å². The largest absolute Gasteiger partial charge is 0.465 e. The van der Waals surface area contributed by atoms with E-state index in [9.17, 15) is 9.90 Å². The smallest absolute Gasteiger partial charge is 0.406 e. The molecule has 0 aromatic heterocycles. The van der Waals surface area contributed by atoms with Crippen LogP contribution in [0.2, 0.25) is 0 Å². The lowest BCUT2D eigenvalue weighted by molar-refractivity contribution is 0.190. The second-order valence-electron chi connectivity index (χ2n) is 5.47. The molecular weight excluding hydrogens is 312 g/mol. The molecule has 4 heteroatoms. The van der Waals surface area contributed by atoms with Crippen LogP contribution < -0.4 is 5.32 Å². The van der Waals surface area contributed by atoms with E-state index in [1.807, 2.05) is 91.0 Å². The summed E-state index contributed by atoms with van der Waals surface area (Å²) in [5, 5.41) is 11.7. The van der Waals surface area contributed by atoms with Crippen LogP contribution in [0.1, 0.15) is 22.9 Å². The quantitative estimate of drug-likeness (QED) is 0.677. The van der Waals surface area contributed by atoms with Gasteiger partial charge in [-0.2, -0.15) is 0 Å². The maximum absolute atomic E-state index is 11.3. The van der Waals surface area contributed by atoms with Crippen LogP contribution in [0.15, 0.2) is 96.0 Å². The second-order valence-corrected chi connectivity index (χ2v) is 5.47. The zero-order chi connectivity index (χ0) is 17.5. The Labute approximate surface area is 146 Å². The molecule has 25 heavy (non-hydrogen) atoms. The number of carbonyl (C=O) groups is 1. The van der Waals surface area contributed by atoms with Gasteiger partial charge in [-0.3, -0.25) is 10.3 Å². The van der Waals surface area contributed by atoms with Crippen LogP contribution in [0, 0.1) is 0 Å². The van der Waals surface area contributed by atoms with Crippen molar-refractivity contribution in [1.82, 2.24) is 5.32 Å². The Bertz CT molecular complexity index is 805. The predicted molar refractivity (Wildman–Crippen MR) is 98.9 cm³/mol. The fourth-order valence-corrected chi connectivity index (χ4v) is 2.58. The molecule has 0 heterocycles. The normalized spacial score (nSPS) is 11.4. The summed E-state index contributed by atoms with van der Waals surface area (Å²) >= 11 is 0. The molecule has 0 bridgehead atoms. The van der Waals surface area contributed by atoms with E-state index in [0.717, 1.165) is 22.4 Å². The SMILES string of the molecule is O=C(O)NC(N=C(c1ccccc1)c1ccccc1)c1ccccc1. The second kappa shape index (κ2) is 7.93. The van der Waals surface area contributed by atoms with Gasteiger partial charge in [-0.15, -0.1) is 0 Å². The van der Waals surface area contributed by atoms with Gasteiger partial charge < -0.3 is 5.11 Å². The first kappa shape index (κ1) is 16.5. The van der Waals surface area contributed by atoms with E-state index in [1.54, 1.807) is 0 Å². The van der Waals surface area contributed by atoms with E-state index in [2.05, 4.69) is 5.32 Å². The Morgan fingerprint density at radius 3 is 1.64 bits per heavy atom. The number of amides is 1. The minimum atomic E-state index is -1.11. The van der Waals surface area contributed by atoms with Crippen LogP contribution in [0.5, 0.6) is 0 Å². The van der Waals surface area contributed by atoms with E-state index in [-0.39, 0.29) is 0 Å². The number of nitrogens with one attached hydrogen (secondary N) is 1. The van der Waals surface area contributed by atoms with Crippen LogP contribution in [0.3, 0.4) is 0 Å². The van der Waals surface area contributed by atoms with Gasteiger partial charge in [0, 0.05) is 11.1 Å². The topological polar surface area (TPSA) is 61.7 Å². The summed E-state index contributed by atoms with van der Waals surface area (Å²) in [4.78, 5) is 16.0. The number of nitrogens with zero attached hydrogens (tertiary/aromatic N) is 1. The van der Waals surface area contributed by atoms with Gasteiger partial charge in [0.25, 0.3) is 0 Å². The Morgan fingerprint density at radius 2 is 1.20 bits per heavy atom. The molecular formula is C21H18N2O2. The summed E-state index contributed by atoms with van der Waals surface area (Å²) in [7, 11) is 0. The number of rotatable bonds is 5. The van der Waals surface area contributed by atoms with Crippen molar-refractivity contribution in [2.45, 2.75) is 6.17 Å². The first-order valence-corrected chi connectivity index (χ1v) is 7.97. The van der Waals surface area contributed by atoms with Crippen LogP contribution in [0.25, 0.3) is 0 Å². The van der Waals surface area contributed by atoms with Crippen LogP contribution >= 0.6 is 0 Å². The molecule has 1 amide bonds. The highest BCUT2D eigenvalue weighted by molar-refractivity contribution is 6.13. The van der Waals surface area contributed by atoms with E-state index >= 15 is 0 Å². The Balaban J connectivity index is 2.10. The summed E-state index contributed by atoms with van der Waals surface area (Å²) < 4.78 is 0. The molecule has 0 spiro atoms. The average molecular weight is 330 g/mol. The number of hydrogen-bond acceptors (Lipinski definition) is 2. The fraction of sp³-hybridized carbons (Fsp3) is 0.0476. The van der Waals surface area contributed by atoms with Gasteiger partial charge in [-0.1, -0.05) is 91.0 Å². The highest BCUT2D eigenvalue weighted by Crippen LogP contribution is 2.19. The van der Waals surface area contributed by atoms with Crippen LogP contribution in [-0.4, -0.2) is 16.9 Å². The lowest BCUT2D eigenvalue weighted by atomic mass is 10.0. The maximum atomic E-state index is 11.3. The Morgan fingerprint density at radius 1 is 0.760 bits per heavy atom. The van der Waals surface area contributed by atoms with Crippen molar-refractivity contribution in [3.8, 4) is 0 Å². The molecule has 0 radical (unpaired) electrons. The lowest BCUT2D eigenvalue weighted by Gasteiger charge is -2.16. The minimum absolute atomic E-state index is 0.686. The third-order valence-electron chi connectivity index (χ3n) is 3.73. The fourth-order valence-electron chi connectivity index (χ4n) is 2.58. The lowest BCUT2D eigenvalue weighted by Crippen LogP contribution is -2.26. The van der Waals surface area contributed by atoms with Crippen LogP contribution in [-0.2, 0) is 0 Å². The molecule has 3 aromatic rings. The molecule has 0 aliphatic heterocycles. The van der Waals surface area contributed by atoms with Gasteiger partial charge in [0.2, 0.25) is 0 Å². The van der Waals surface area contributed by atoms with Crippen molar-refractivity contribution >= 4 is 11.8 Å². The monoisotopic (exact) mass is 330 g/mol. The van der Waals surface area contributed by atoms with Crippen molar-refractivity contribution < 1.29 is 9.90 Å². The molecule has 2 N–H and O–H groups in total. The van der Waals surface area contributed by atoms with E-state index < -0.39 is 12.3 Å². The minimum Gasteiger partial charge on any atom is -0.465 e. The third-order valence-corrected chi connectivity index (χ3v) is 3.73. The van der Waals surface area contributed by atoms with Gasteiger partial charge in [0.1, 0.15) is 6.17 Å². The van der Waals surface area contributed by atoms with Crippen LogP contribution in [0.4, 0.5) is 4.79 Å². The number of aliphatic imine (C=N–C) groups is 1.